The van der Waals surface area contributed by atoms with E-state index >= 15 is 0 Å². The van der Waals surface area contributed by atoms with Crippen molar-refractivity contribution in [2.75, 3.05) is 43.1 Å². The van der Waals surface area contributed by atoms with E-state index in [2.05, 4.69) is 30.3 Å². The minimum absolute atomic E-state index is 0.0203. The number of nitrogens with zero attached hydrogens (tertiary/aromatic N) is 4. The number of methoxy groups -OCH3 is 1. The van der Waals surface area contributed by atoms with Crippen LogP contribution in [0.15, 0.2) is 70.6 Å². The first-order valence-electron chi connectivity index (χ1n) is 12.1. The zero-order valence-electron chi connectivity index (χ0n) is 22.3. The molecule has 0 saturated carbocycles. The second-order valence-corrected chi connectivity index (χ2v) is 10.8. The maximum Gasteiger partial charge on any atom is 0.263 e. The van der Waals surface area contributed by atoms with Crippen LogP contribution in [0.5, 0.6) is 5.75 Å². The van der Waals surface area contributed by atoms with Crippen LogP contribution in [0.25, 0.3) is 11.0 Å². The molecule has 0 aliphatic rings. The Hall–Kier alpha value is -4.09. The summed E-state index contributed by atoms with van der Waals surface area (Å²) in [5, 5.41) is 6.70. The fourth-order valence-corrected chi connectivity index (χ4v) is 5.18. The van der Waals surface area contributed by atoms with E-state index in [4.69, 9.17) is 16.3 Å². The van der Waals surface area contributed by atoms with Gasteiger partial charge >= 0.3 is 0 Å². The van der Waals surface area contributed by atoms with Crippen LogP contribution in [-0.4, -0.2) is 57.0 Å². The lowest BCUT2D eigenvalue weighted by Gasteiger charge is -2.19. The number of aromatic nitrogens is 2. The van der Waals surface area contributed by atoms with Gasteiger partial charge in [-0.15, -0.1) is 0 Å². The molecule has 0 aliphatic carbocycles. The highest BCUT2D eigenvalue weighted by molar-refractivity contribution is 7.92. The van der Waals surface area contributed by atoms with E-state index in [0.717, 1.165) is 0 Å². The Kier molecular flexibility index (Phi) is 8.41. The number of halogens is 1. The van der Waals surface area contributed by atoms with Gasteiger partial charge in [0, 0.05) is 32.4 Å². The first-order chi connectivity index (χ1) is 18.6. The molecular formula is C27H30ClN7O3S. The van der Waals surface area contributed by atoms with Crippen LogP contribution < -0.4 is 20.1 Å². The minimum atomic E-state index is -4.08. The summed E-state index contributed by atoms with van der Waals surface area (Å²) in [5.74, 6) is 1.39. The van der Waals surface area contributed by atoms with Gasteiger partial charge in [-0.1, -0.05) is 29.8 Å². The van der Waals surface area contributed by atoms with E-state index in [1.54, 1.807) is 68.6 Å². The molecule has 1 aromatic heterocycles. The highest BCUT2D eigenvalue weighted by atomic mass is 35.5. The number of aliphatic imine (C=N–C) groups is 1. The molecule has 0 aliphatic heterocycles. The van der Waals surface area contributed by atoms with Gasteiger partial charge in [0.1, 0.15) is 5.75 Å². The summed E-state index contributed by atoms with van der Waals surface area (Å²) in [6.07, 6.45) is 0. The second kappa shape index (κ2) is 11.7. The van der Waals surface area contributed by atoms with Crippen molar-refractivity contribution in [3.63, 3.8) is 0 Å². The van der Waals surface area contributed by atoms with E-state index < -0.39 is 10.0 Å². The van der Waals surface area contributed by atoms with Gasteiger partial charge in [-0.05, 0) is 55.8 Å². The monoisotopic (exact) mass is 567 g/mol. The lowest BCUT2D eigenvalue weighted by Crippen LogP contribution is -2.30. The molecule has 0 atom stereocenters. The molecular weight excluding hydrogens is 538 g/mol. The van der Waals surface area contributed by atoms with Crippen molar-refractivity contribution in [1.82, 2.24) is 14.9 Å². The van der Waals surface area contributed by atoms with Crippen molar-refractivity contribution in [2.45, 2.75) is 18.7 Å². The SMILES string of the molecule is CCN=C(Nc1ccc(C)c(S(=O)(=O)Nc2nc3ccccc3nc2Nc2cc(OC)ccc2Cl)c1)N(C)C. The Bertz CT molecular complexity index is 1640. The molecule has 0 saturated heterocycles. The van der Waals surface area contributed by atoms with Crippen molar-refractivity contribution in [2.24, 2.45) is 4.99 Å². The molecule has 0 unspecified atom stereocenters. The van der Waals surface area contributed by atoms with Gasteiger partial charge in [-0.25, -0.2) is 18.4 Å². The summed E-state index contributed by atoms with van der Waals surface area (Å²) >= 11 is 6.40. The number of rotatable bonds is 8. The molecule has 3 aromatic carbocycles. The molecule has 10 nitrogen and oxygen atoms in total. The number of nitrogens with one attached hydrogen (secondary N) is 3. The molecule has 204 valence electrons. The molecule has 4 rings (SSSR count). The second-order valence-electron chi connectivity index (χ2n) is 8.78. The molecule has 0 amide bonds. The molecule has 1 heterocycles. The highest BCUT2D eigenvalue weighted by Crippen LogP contribution is 2.33. The van der Waals surface area contributed by atoms with Gasteiger partial charge in [0.2, 0.25) is 0 Å². The third-order valence-corrected chi connectivity index (χ3v) is 7.50. The van der Waals surface area contributed by atoms with Crippen LogP contribution in [0.4, 0.5) is 23.0 Å². The number of anilines is 4. The summed E-state index contributed by atoms with van der Waals surface area (Å²) in [4.78, 5) is 15.5. The number of aryl methyl sites for hydroxylation is 1. The van der Waals surface area contributed by atoms with Gasteiger partial charge in [-0.3, -0.25) is 9.71 Å². The Balaban J connectivity index is 1.75. The van der Waals surface area contributed by atoms with Crippen LogP contribution in [0.2, 0.25) is 5.02 Å². The molecule has 4 aromatic rings. The normalized spacial score (nSPS) is 11.8. The van der Waals surface area contributed by atoms with Crippen molar-refractivity contribution in [1.29, 1.82) is 0 Å². The van der Waals surface area contributed by atoms with Crippen LogP contribution >= 0.6 is 11.6 Å². The summed E-state index contributed by atoms with van der Waals surface area (Å²) in [5.41, 5.74) is 2.72. The maximum absolute atomic E-state index is 13.7. The molecule has 39 heavy (non-hydrogen) atoms. The first kappa shape index (κ1) is 27.9. The molecule has 0 bridgehead atoms. The van der Waals surface area contributed by atoms with Crippen molar-refractivity contribution in [3.8, 4) is 5.75 Å². The Morgan fingerprint density at radius 1 is 1.03 bits per heavy atom. The number of benzene rings is 3. The number of para-hydroxylation sites is 2. The van der Waals surface area contributed by atoms with Crippen molar-refractivity contribution >= 4 is 61.6 Å². The summed E-state index contributed by atoms with van der Waals surface area (Å²) in [7, 11) is 1.18. The van der Waals surface area contributed by atoms with Crippen LogP contribution in [-0.2, 0) is 10.0 Å². The number of hydrogen-bond acceptors (Lipinski definition) is 7. The molecule has 3 N–H and O–H groups in total. The lowest BCUT2D eigenvalue weighted by molar-refractivity contribution is 0.415. The van der Waals surface area contributed by atoms with Gasteiger partial charge in [0.15, 0.2) is 17.6 Å². The summed E-state index contributed by atoms with van der Waals surface area (Å²) < 4.78 is 35.3. The Morgan fingerprint density at radius 3 is 2.36 bits per heavy atom. The molecule has 0 radical (unpaired) electrons. The topological polar surface area (TPSA) is 121 Å². The van der Waals surface area contributed by atoms with Gasteiger partial charge < -0.3 is 20.3 Å². The third kappa shape index (κ3) is 6.50. The predicted octanol–water partition coefficient (Wildman–Crippen LogP) is 5.49. The molecule has 0 spiro atoms. The zero-order valence-corrected chi connectivity index (χ0v) is 23.9. The Morgan fingerprint density at radius 2 is 1.72 bits per heavy atom. The summed E-state index contributed by atoms with van der Waals surface area (Å²) in [6.45, 7) is 4.23. The van der Waals surface area contributed by atoms with E-state index in [-0.39, 0.29) is 16.5 Å². The highest BCUT2D eigenvalue weighted by Gasteiger charge is 2.22. The number of ether oxygens (including phenoxy) is 1. The standard InChI is InChI=1S/C27H30ClN7O3S/c1-6-29-27(35(3)4)30-18-12-11-17(2)24(15-18)39(36,37)34-26-25(31-21-9-7-8-10-22(21)32-26)33-23-16-19(38-5)13-14-20(23)28/h7-16H,6H2,1-5H3,(H,29,30)(H,31,33)(H,32,34). The lowest BCUT2D eigenvalue weighted by atomic mass is 10.2. The average Bonchev–Trinajstić information content (AvgIpc) is 2.90. The van der Waals surface area contributed by atoms with E-state index in [1.165, 1.54) is 0 Å². The van der Waals surface area contributed by atoms with Gasteiger partial charge in [0.25, 0.3) is 10.0 Å². The fraction of sp³-hybridized carbons (Fsp3) is 0.222. The molecule has 12 heteroatoms. The van der Waals surface area contributed by atoms with Gasteiger partial charge in [-0.2, -0.15) is 0 Å². The van der Waals surface area contributed by atoms with E-state index in [0.29, 0.717) is 51.2 Å². The van der Waals surface area contributed by atoms with Crippen molar-refractivity contribution in [3.05, 3.63) is 71.2 Å². The van der Waals surface area contributed by atoms with Crippen LogP contribution in [0.1, 0.15) is 12.5 Å². The minimum Gasteiger partial charge on any atom is -0.497 e. The largest absolute Gasteiger partial charge is 0.497 e. The number of sulfonamides is 1. The molecule has 0 fully saturated rings. The van der Waals surface area contributed by atoms with Crippen LogP contribution in [0.3, 0.4) is 0 Å². The maximum atomic E-state index is 13.7. The number of guanidine groups is 1. The average molecular weight is 568 g/mol. The van der Waals surface area contributed by atoms with E-state index in [1.807, 2.05) is 32.0 Å². The van der Waals surface area contributed by atoms with Crippen LogP contribution in [0, 0.1) is 6.92 Å². The fourth-order valence-electron chi connectivity index (χ4n) is 3.73. The summed E-state index contributed by atoms with van der Waals surface area (Å²) in [6, 6.07) is 17.4. The number of hydrogen-bond donors (Lipinski definition) is 3. The Labute approximate surface area is 233 Å². The van der Waals surface area contributed by atoms with E-state index in [9.17, 15) is 8.42 Å². The van der Waals surface area contributed by atoms with Crippen molar-refractivity contribution < 1.29 is 13.2 Å². The number of fused-ring (bicyclic) bond motifs is 1. The quantitative estimate of drug-likeness (QED) is 0.189. The zero-order chi connectivity index (χ0) is 28.2. The van der Waals surface area contributed by atoms with Gasteiger partial charge in [0.05, 0.1) is 33.7 Å². The smallest absolute Gasteiger partial charge is 0.263 e. The first-order valence-corrected chi connectivity index (χ1v) is 14.0. The third-order valence-electron chi connectivity index (χ3n) is 5.69. The predicted molar refractivity (Wildman–Crippen MR) is 158 cm³/mol.